The second-order valence-electron chi connectivity index (χ2n) is 3.27. The molecular weight excluding hydrogens is 229 g/mol. The minimum atomic E-state index is -1.27. The van der Waals surface area contributed by atoms with E-state index in [1.165, 1.54) is 12.1 Å². The van der Waals surface area contributed by atoms with Crippen molar-refractivity contribution in [2.45, 2.75) is 6.04 Å². The molecule has 1 aromatic rings. The van der Waals surface area contributed by atoms with Gasteiger partial charge >= 0.3 is 11.9 Å². The van der Waals surface area contributed by atoms with Crippen LogP contribution < -0.4 is 5.73 Å². The van der Waals surface area contributed by atoms with Gasteiger partial charge in [-0.1, -0.05) is 6.07 Å². The van der Waals surface area contributed by atoms with Gasteiger partial charge in [0.05, 0.1) is 0 Å². The zero-order valence-corrected chi connectivity index (χ0v) is 8.63. The summed E-state index contributed by atoms with van der Waals surface area (Å²) in [5, 5.41) is 17.1. The normalized spacial score (nSPS) is 12.6. The Balaban J connectivity index is 3.10. The second kappa shape index (κ2) is 5.22. The maximum Gasteiger partial charge on any atom is 0.328 e. The summed E-state index contributed by atoms with van der Waals surface area (Å²) >= 11 is 0. The Morgan fingerprint density at radius 3 is 2.53 bits per heavy atom. The molecule has 0 aliphatic rings. The number of rotatable bonds is 4. The zero-order chi connectivity index (χ0) is 13.0. The van der Waals surface area contributed by atoms with E-state index >= 15 is 0 Å². The molecule has 0 aliphatic heterocycles. The summed E-state index contributed by atoms with van der Waals surface area (Å²) in [4.78, 5) is 20.9. The highest BCUT2D eigenvalue weighted by Gasteiger charge is 2.15. The molecule has 0 aromatic heterocycles. The van der Waals surface area contributed by atoms with Gasteiger partial charge in [0.25, 0.3) is 0 Å². The molecule has 17 heavy (non-hydrogen) atoms. The molecule has 4 N–H and O–H groups in total. The summed E-state index contributed by atoms with van der Waals surface area (Å²) in [6.45, 7) is 0. The van der Waals surface area contributed by atoms with Crippen molar-refractivity contribution in [1.29, 1.82) is 0 Å². The quantitative estimate of drug-likeness (QED) is 0.680. The maximum absolute atomic E-state index is 13.3. The van der Waals surface area contributed by atoms with Crippen LogP contribution in [0.25, 0.3) is 6.08 Å². The van der Waals surface area contributed by atoms with Crippen molar-refractivity contribution in [3.63, 3.8) is 0 Å². The summed E-state index contributed by atoms with van der Waals surface area (Å²) < 4.78 is 13.3. The summed E-state index contributed by atoms with van der Waals surface area (Å²) in [5.41, 5.74) is 5.52. The van der Waals surface area contributed by atoms with Crippen LogP contribution in [0.5, 0.6) is 0 Å². The lowest BCUT2D eigenvalue weighted by atomic mass is 10.0. The van der Waals surface area contributed by atoms with E-state index in [0.717, 1.165) is 18.2 Å². The highest BCUT2D eigenvalue weighted by atomic mass is 19.1. The molecule has 5 nitrogen and oxygen atoms in total. The smallest absolute Gasteiger partial charge is 0.328 e. The van der Waals surface area contributed by atoms with Crippen molar-refractivity contribution >= 4 is 18.0 Å². The van der Waals surface area contributed by atoms with Gasteiger partial charge in [0.15, 0.2) is 0 Å². The average molecular weight is 239 g/mol. The number of carboxylic acid groups (broad SMARTS) is 2. The van der Waals surface area contributed by atoms with Gasteiger partial charge in [-0.3, -0.25) is 4.79 Å². The van der Waals surface area contributed by atoms with E-state index < -0.39 is 23.8 Å². The van der Waals surface area contributed by atoms with Crippen LogP contribution in [-0.2, 0) is 9.59 Å². The number of carbonyl (C=O) groups is 2. The van der Waals surface area contributed by atoms with E-state index in [1.807, 2.05) is 0 Å². The highest BCUT2D eigenvalue weighted by Crippen LogP contribution is 2.17. The Labute approximate surface area is 96.0 Å². The van der Waals surface area contributed by atoms with Crippen molar-refractivity contribution in [2.24, 2.45) is 5.73 Å². The number of hydrogen-bond donors (Lipinski definition) is 3. The number of benzene rings is 1. The Bertz CT molecular complexity index is 484. The van der Waals surface area contributed by atoms with E-state index in [1.54, 1.807) is 0 Å². The van der Waals surface area contributed by atoms with Crippen molar-refractivity contribution < 1.29 is 24.2 Å². The van der Waals surface area contributed by atoms with Crippen LogP contribution in [0.4, 0.5) is 4.39 Å². The molecule has 0 spiro atoms. The SMILES string of the molecule is N[C@H](C(=O)O)c1ccc(F)c(/C=C/C(=O)O)c1. The summed E-state index contributed by atoms with van der Waals surface area (Å²) in [6.07, 6.45) is 1.80. The van der Waals surface area contributed by atoms with Crippen molar-refractivity contribution in [1.82, 2.24) is 0 Å². The van der Waals surface area contributed by atoms with E-state index in [-0.39, 0.29) is 11.1 Å². The summed E-state index contributed by atoms with van der Waals surface area (Å²) in [6, 6.07) is 2.21. The number of aliphatic carboxylic acids is 2. The molecule has 0 heterocycles. The number of carboxylic acids is 2. The van der Waals surface area contributed by atoms with Crippen LogP contribution in [0.2, 0.25) is 0 Å². The van der Waals surface area contributed by atoms with Gasteiger partial charge < -0.3 is 15.9 Å². The molecule has 6 heteroatoms. The first-order chi connectivity index (χ1) is 7.91. The minimum absolute atomic E-state index is 0.0263. The second-order valence-corrected chi connectivity index (χ2v) is 3.27. The average Bonchev–Trinajstić information content (AvgIpc) is 2.26. The minimum Gasteiger partial charge on any atom is -0.480 e. The Kier molecular flexibility index (Phi) is 3.95. The molecule has 0 fully saturated rings. The van der Waals surface area contributed by atoms with Crippen LogP contribution >= 0.6 is 0 Å². The third-order valence-corrected chi connectivity index (χ3v) is 2.05. The lowest BCUT2D eigenvalue weighted by molar-refractivity contribution is -0.138. The molecule has 0 aliphatic carbocycles. The topological polar surface area (TPSA) is 101 Å². The van der Waals surface area contributed by atoms with Crippen molar-refractivity contribution in [3.05, 3.63) is 41.2 Å². The molecule has 1 aromatic carbocycles. The molecule has 1 rings (SSSR count). The van der Waals surface area contributed by atoms with Gasteiger partial charge in [0.1, 0.15) is 11.9 Å². The number of nitrogens with two attached hydrogens (primary N) is 1. The van der Waals surface area contributed by atoms with Gasteiger partial charge in [0.2, 0.25) is 0 Å². The van der Waals surface area contributed by atoms with Crippen LogP contribution in [-0.4, -0.2) is 22.2 Å². The van der Waals surface area contributed by atoms with Gasteiger partial charge in [-0.25, -0.2) is 9.18 Å². The van der Waals surface area contributed by atoms with E-state index in [9.17, 15) is 14.0 Å². The fourth-order valence-electron chi connectivity index (χ4n) is 1.19. The number of halogens is 1. The molecule has 0 saturated carbocycles. The third kappa shape index (κ3) is 3.39. The molecule has 90 valence electrons. The lowest BCUT2D eigenvalue weighted by Crippen LogP contribution is -2.20. The van der Waals surface area contributed by atoms with Gasteiger partial charge in [0, 0.05) is 11.6 Å². The van der Waals surface area contributed by atoms with Crippen LogP contribution in [0.15, 0.2) is 24.3 Å². The fraction of sp³-hybridized carbons (Fsp3) is 0.0909. The Morgan fingerprint density at radius 2 is 2.00 bits per heavy atom. The van der Waals surface area contributed by atoms with E-state index in [2.05, 4.69) is 0 Å². The van der Waals surface area contributed by atoms with Gasteiger partial charge in [-0.15, -0.1) is 0 Å². The van der Waals surface area contributed by atoms with Crippen LogP contribution in [0.1, 0.15) is 17.2 Å². The predicted octanol–water partition coefficient (Wildman–Crippen LogP) is 1.01. The van der Waals surface area contributed by atoms with Crippen molar-refractivity contribution in [3.8, 4) is 0 Å². The predicted molar refractivity (Wildman–Crippen MR) is 57.6 cm³/mol. The molecule has 0 unspecified atom stereocenters. The van der Waals surface area contributed by atoms with Crippen LogP contribution in [0.3, 0.4) is 0 Å². The largest absolute Gasteiger partial charge is 0.480 e. The third-order valence-electron chi connectivity index (χ3n) is 2.05. The lowest BCUT2D eigenvalue weighted by Gasteiger charge is -2.07. The van der Waals surface area contributed by atoms with Crippen LogP contribution in [0, 0.1) is 5.82 Å². The Hall–Kier alpha value is -2.21. The molecule has 0 saturated heterocycles. The molecular formula is C11H10FNO4. The molecule has 0 amide bonds. The monoisotopic (exact) mass is 239 g/mol. The molecule has 0 bridgehead atoms. The van der Waals surface area contributed by atoms with Crippen molar-refractivity contribution in [2.75, 3.05) is 0 Å². The standard InChI is InChI=1S/C11H10FNO4/c12-8-3-1-7(10(13)11(16)17)5-6(8)2-4-9(14)15/h1-5,10H,13H2,(H,14,15)(H,16,17)/b4-2+/t10-/m0/s1. The molecule has 1 atom stereocenters. The van der Waals surface area contributed by atoms with Gasteiger partial charge in [-0.05, 0) is 23.8 Å². The summed E-state index contributed by atoms with van der Waals surface area (Å²) in [7, 11) is 0. The fourth-order valence-corrected chi connectivity index (χ4v) is 1.19. The number of hydrogen-bond acceptors (Lipinski definition) is 3. The van der Waals surface area contributed by atoms with E-state index in [0.29, 0.717) is 0 Å². The molecule has 0 radical (unpaired) electrons. The summed E-state index contributed by atoms with van der Waals surface area (Å²) in [5.74, 6) is -3.12. The first-order valence-electron chi connectivity index (χ1n) is 4.60. The van der Waals surface area contributed by atoms with Gasteiger partial charge in [-0.2, -0.15) is 0 Å². The Morgan fingerprint density at radius 1 is 1.35 bits per heavy atom. The first-order valence-corrected chi connectivity index (χ1v) is 4.60. The zero-order valence-electron chi connectivity index (χ0n) is 8.63. The highest BCUT2D eigenvalue weighted by molar-refractivity contribution is 5.85. The first kappa shape index (κ1) is 12.9. The van der Waals surface area contributed by atoms with E-state index in [4.69, 9.17) is 15.9 Å². The maximum atomic E-state index is 13.3.